The minimum absolute atomic E-state index is 0.0114. The topological polar surface area (TPSA) is 85.1 Å². The molecular weight excluding hydrogens is 390 g/mol. The fraction of sp³-hybridized carbons (Fsp3) is 0.120. The molecule has 0 fully saturated rings. The number of aryl methyl sites for hydroxylation is 2. The van der Waals surface area contributed by atoms with Crippen molar-refractivity contribution in [1.29, 1.82) is 0 Å². The molecule has 0 aliphatic heterocycles. The van der Waals surface area contributed by atoms with Crippen LogP contribution in [0.3, 0.4) is 0 Å². The zero-order chi connectivity index (χ0) is 22.1. The van der Waals surface area contributed by atoms with Gasteiger partial charge in [0.15, 0.2) is 0 Å². The first-order valence-electron chi connectivity index (χ1n) is 9.88. The van der Waals surface area contributed by atoms with Crippen LogP contribution in [0.25, 0.3) is 22.2 Å². The fourth-order valence-electron chi connectivity index (χ4n) is 3.68. The Labute approximate surface area is 179 Å². The number of pyridine rings is 1. The van der Waals surface area contributed by atoms with Crippen LogP contribution < -0.4 is 5.32 Å². The normalized spacial score (nSPS) is 10.8. The molecule has 1 amide bonds. The van der Waals surface area contributed by atoms with E-state index in [0.29, 0.717) is 16.8 Å². The quantitative estimate of drug-likeness (QED) is 0.330. The van der Waals surface area contributed by atoms with E-state index < -0.39 is 4.92 Å². The molecule has 6 nitrogen and oxygen atoms in total. The van der Waals surface area contributed by atoms with E-state index in [1.807, 2.05) is 62.4 Å². The third-order valence-corrected chi connectivity index (χ3v) is 5.36. The molecule has 0 bridgehead atoms. The zero-order valence-electron chi connectivity index (χ0n) is 17.5. The van der Waals surface area contributed by atoms with Crippen LogP contribution in [0.5, 0.6) is 0 Å². The molecule has 0 unspecified atom stereocenters. The molecule has 3 aromatic carbocycles. The molecule has 0 aliphatic carbocycles. The average molecular weight is 411 g/mol. The average Bonchev–Trinajstić information content (AvgIpc) is 2.75. The lowest BCUT2D eigenvalue weighted by Gasteiger charge is -2.15. The van der Waals surface area contributed by atoms with Crippen molar-refractivity contribution in [2.45, 2.75) is 20.8 Å². The number of para-hydroxylation sites is 1. The first-order valence-corrected chi connectivity index (χ1v) is 9.88. The number of non-ortho nitro benzene ring substituents is 1. The Morgan fingerprint density at radius 2 is 1.68 bits per heavy atom. The van der Waals surface area contributed by atoms with E-state index in [2.05, 4.69) is 5.32 Å². The monoisotopic (exact) mass is 411 g/mol. The number of carbonyl (C=O) groups is 1. The second kappa shape index (κ2) is 7.99. The number of carbonyl (C=O) groups excluding carboxylic acids is 1. The smallest absolute Gasteiger partial charge is 0.269 e. The van der Waals surface area contributed by atoms with Gasteiger partial charge in [-0.3, -0.25) is 14.9 Å². The summed E-state index contributed by atoms with van der Waals surface area (Å²) in [6, 6.07) is 20.0. The first-order chi connectivity index (χ1) is 14.8. The molecule has 4 rings (SSSR count). The van der Waals surface area contributed by atoms with Crippen molar-refractivity contribution in [3.05, 3.63) is 99.1 Å². The maximum absolute atomic E-state index is 13.4. The van der Waals surface area contributed by atoms with Crippen molar-refractivity contribution in [1.82, 2.24) is 4.98 Å². The number of aromatic nitrogens is 1. The largest absolute Gasteiger partial charge is 0.322 e. The predicted octanol–water partition coefficient (Wildman–Crippen LogP) is 5.99. The predicted molar refractivity (Wildman–Crippen MR) is 122 cm³/mol. The van der Waals surface area contributed by atoms with Crippen molar-refractivity contribution in [2.75, 3.05) is 5.32 Å². The Morgan fingerprint density at radius 3 is 2.35 bits per heavy atom. The van der Waals surface area contributed by atoms with E-state index >= 15 is 0 Å². The number of anilines is 1. The number of fused-ring (bicyclic) bond motifs is 1. The lowest BCUT2D eigenvalue weighted by molar-refractivity contribution is -0.384. The highest BCUT2D eigenvalue weighted by molar-refractivity contribution is 6.14. The maximum atomic E-state index is 13.4. The summed E-state index contributed by atoms with van der Waals surface area (Å²) in [6.07, 6.45) is 0. The Balaban J connectivity index is 1.82. The summed E-state index contributed by atoms with van der Waals surface area (Å²) in [7, 11) is 0. The highest BCUT2D eigenvalue weighted by Crippen LogP contribution is 2.31. The Hall–Kier alpha value is -4.06. The number of nitro groups is 1. The number of rotatable bonds is 4. The Bertz CT molecular complexity index is 1330. The highest BCUT2D eigenvalue weighted by Gasteiger charge is 2.20. The molecule has 1 heterocycles. The van der Waals surface area contributed by atoms with Gasteiger partial charge in [0, 0.05) is 28.8 Å². The van der Waals surface area contributed by atoms with Crippen molar-refractivity contribution in [3.8, 4) is 11.3 Å². The van der Waals surface area contributed by atoms with E-state index in [1.165, 1.54) is 12.1 Å². The number of nitro benzene ring substituents is 1. The molecule has 1 aromatic heterocycles. The molecule has 0 saturated carbocycles. The molecular formula is C25H21N3O3. The molecule has 31 heavy (non-hydrogen) atoms. The van der Waals surface area contributed by atoms with Gasteiger partial charge < -0.3 is 5.32 Å². The summed E-state index contributed by atoms with van der Waals surface area (Å²) < 4.78 is 0. The standard InChI is InChI=1S/C25H21N3O3/c1-15-8-10-18(11-9-15)24-17(3)23(20-6-4-5-7-22(20)26-24)25(29)27-21-13-12-19(28(30)31)14-16(21)2/h4-14H,1-3H3,(H,27,29). The van der Waals surface area contributed by atoms with Gasteiger partial charge in [0.2, 0.25) is 0 Å². The number of benzene rings is 3. The molecule has 0 saturated heterocycles. The molecule has 0 atom stereocenters. The highest BCUT2D eigenvalue weighted by atomic mass is 16.6. The molecule has 0 spiro atoms. The second-order valence-electron chi connectivity index (χ2n) is 7.55. The first kappa shape index (κ1) is 20.2. The van der Waals surface area contributed by atoms with Crippen LogP contribution in [-0.4, -0.2) is 15.8 Å². The number of hydrogen-bond donors (Lipinski definition) is 1. The van der Waals surface area contributed by atoms with E-state index in [4.69, 9.17) is 4.98 Å². The van der Waals surface area contributed by atoms with Gasteiger partial charge in [0.05, 0.1) is 21.7 Å². The van der Waals surface area contributed by atoms with Gasteiger partial charge in [-0.1, -0.05) is 48.0 Å². The van der Waals surface area contributed by atoms with Crippen LogP contribution >= 0.6 is 0 Å². The van der Waals surface area contributed by atoms with Gasteiger partial charge in [-0.05, 0) is 44.0 Å². The van der Waals surface area contributed by atoms with E-state index in [1.54, 1.807) is 13.0 Å². The second-order valence-corrected chi connectivity index (χ2v) is 7.55. The van der Waals surface area contributed by atoms with Gasteiger partial charge in [-0.2, -0.15) is 0 Å². The van der Waals surface area contributed by atoms with Crippen LogP contribution in [0.1, 0.15) is 27.0 Å². The summed E-state index contributed by atoms with van der Waals surface area (Å²) in [5.41, 5.74) is 6.04. The van der Waals surface area contributed by atoms with Crippen LogP contribution in [0.2, 0.25) is 0 Å². The van der Waals surface area contributed by atoms with Crippen molar-refractivity contribution >= 4 is 28.2 Å². The third kappa shape index (κ3) is 3.88. The SMILES string of the molecule is Cc1ccc(-c2nc3ccccc3c(C(=O)Nc3ccc([N+](=O)[O-])cc3C)c2C)cc1. The van der Waals surface area contributed by atoms with E-state index in [0.717, 1.165) is 33.3 Å². The van der Waals surface area contributed by atoms with Gasteiger partial charge in [-0.15, -0.1) is 0 Å². The Morgan fingerprint density at radius 1 is 0.968 bits per heavy atom. The summed E-state index contributed by atoms with van der Waals surface area (Å²) >= 11 is 0. The lowest BCUT2D eigenvalue weighted by atomic mass is 9.96. The van der Waals surface area contributed by atoms with Crippen LogP contribution in [0, 0.1) is 30.9 Å². The van der Waals surface area contributed by atoms with Crippen molar-refractivity contribution in [2.24, 2.45) is 0 Å². The molecule has 4 aromatic rings. The maximum Gasteiger partial charge on any atom is 0.269 e. The van der Waals surface area contributed by atoms with Crippen molar-refractivity contribution < 1.29 is 9.72 Å². The third-order valence-electron chi connectivity index (χ3n) is 5.36. The molecule has 0 radical (unpaired) electrons. The van der Waals surface area contributed by atoms with E-state index in [9.17, 15) is 14.9 Å². The summed E-state index contributed by atoms with van der Waals surface area (Å²) in [6.45, 7) is 5.65. The molecule has 154 valence electrons. The van der Waals surface area contributed by atoms with Crippen LogP contribution in [0.4, 0.5) is 11.4 Å². The fourth-order valence-corrected chi connectivity index (χ4v) is 3.68. The summed E-state index contributed by atoms with van der Waals surface area (Å²) in [5, 5.41) is 14.7. The summed E-state index contributed by atoms with van der Waals surface area (Å²) in [5.74, 6) is -0.276. The Kier molecular flexibility index (Phi) is 5.21. The van der Waals surface area contributed by atoms with Gasteiger partial charge >= 0.3 is 0 Å². The van der Waals surface area contributed by atoms with E-state index in [-0.39, 0.29) is 11.6 Å². The molecule has 6 heteroatoms. The number of amides is 1. The number of nitrogens with one attached hydrogen (secondary N) is 1. The van der Waals surface area contributed by atoms with Crippen molar-refractivity contribution in [3.63, 3.8) is 0 Å². The van der Waals surface area contributed by atoms with Crippen LogP contribution in [-0.2, 0) is 0 Å². The number of hydrogen-bond acceptors (Lipinski definition) is 4. The molecule has 1 N–H and O–H groups in total. The minimum Gasteiger partial charge on any atom is -0.322 e. The zero-order valence-corrected chi connectivity index (χ0v) is 17.5. The summed E-state index contributed by atoms with van der Waals surface area (Å²) in [4.78, 5) is 28.8. The van der Waals surface area contributed by atoms with Crippen LogP contribution in [0.15, 0.2) is 66.7 Å². The van der Waals surface area contributed by atoms with Gasteiger partial charge in [0.1, 0.15) is 0 Å². The van der Waals surface area contributed by atoms with Gasteiger partial charge in [-0.25, -0.2) is 4.98 Å². The number of nitrogens with zero attached hydrogens (tertiary/aromatic N) is 2. The van der Waals surface area contributed by atoms with Gasteiger partial charge in [0.25, 0.3) is 11.6 Å². The molecule has 0 aliphatic rings. The minimum atomic E-state index is -0.451. The lowest BCUT2D eigenvalue weighted by Crippen LogP contribution is -2.16.